The van der Waals surface area contributed by atoms with Crippen LogP contribution in [0.5, 0.6) is 11.5 Å². The SMILES string of the molecule is COc1cc(OC2CCc3c(-c4cccc(NC=O)c4Cl)cccc32)c(Cl)cc1CNC1(C(=O)NO)CC1. The summed E-state index contributed by atoms with van der Waals surface area (Å²) in [5, 5.41) is 15.8. The Morgan fingerprint density at radius 2 is 1.89 bits per heavy atom. The first kappa shape index (κ1) is 26.3. The average molecular weight is 556 g/mol. The molecule has 0 aromatic heterocycles. The van der Waals surface area contributed by atoms with E-state index in [0.717, 1.165) is 40.7 Å². The van der Waals surface area contributed by atoms with Gasteiger partial charge in [-0.3, -0.25) is 20.1 Å². The Labute approximate surface area is 230 Å². The molecule has 2 amide bonds. The molecular formula is C28H27Cl2N3O5. The van der Waals surface area contributed by atoms with Crippen LogP contribution in [-0.4, -0.2) is 30.2 Å². The summed E-state index contributed by atoms with van der Waals surface area (Å²) in [6.07, 6.45) is 3.24. The van der Waals surface area contributed by atoms with E-state index in [9.17, 15) is 9.59 Å². The molecule has 0 bridgehead atoms. The lowest BCUT2D eigenvalue weighted by Crippen LogP contribution is -2.45. The van der Waals surface area contributed by atoms with Crippen LogP contribution < -0.4 is 25.6 Å². The Morgan fingerprint density at radius 1 is 1.13 bits per heavy atom. The topological polar surface area (TPSA) is 109 Å². The van der Waals surface area contributed by atoms with E-state index in [-0.39, 0.29) is 6.10 Å². The monoisotopic (exact) mass is 555 g/mol. The quantitative estimate of drug-likeness (QED) is 0.151. The molecule has 0 heterocycles. The fourth-order valence-corrected chi connectivity index (χ4v) is 5.55. The molecule has 1 atom stereocenters. The van der Waals surface area contributed by atoms with Crippen molar-refractivity contribution in [1.29, 1.82) is 0 Å². The summed E-state index contributed by atoms with van der Waals surface area (Å²) in [7, 11) is 1.57. The second kappa shape index (κ2) is 10.8. The molecule has 0 spiro atoms. The van der Waals surface area contributed by atoms with Crippen molar-refractivity contribution < 1.29 is 24.3 Å². The number of hydrogen-bond donors (Lipinski definition) is 4. The molecular weight excluding hydrogens is 529 g/mol. The number of amides is 2. The molecule has 5 rings (SSSR count). The third kappa shape index (κ3) is 4.92. The lowest BCUT2D eigenvalue weighted by molar-refractivity contribution is -0.132. The molecule has 2 aliphatic carbocycles. The van der Waals surface area contributed by atoms with Crippen LogP contribution in [-0.2, 0) is 22.6 Å². The Balaban J connectivity index is 1.38. The molecule has 1 unspecified atom stereocenters. The molecule has 10 heteroatoms. The van der Waals surface area contributed by atoms with Gasteiger partial charge in [-0.25, -0.2) is 5.48 Å². The largest absolute Gasteiger partial charge is 0.496 e. The van der Waals surface area contributed by atoms with Crippen molar-refractivity contribution >= 4 is 41.2 Å². The normalized spacial score (nSPS) is 16.9. The maximum atomic E-state index is 11.9. The molecule has 0 aliphatic heterocycles. The number of carbonyl (C=O) groups excluding carboxylic acids is 2. The average Bonchev–Trinajstić information content (AvgIpc) is 3.62. The molecule has 2 aliphatic rings. The molecule has 0 saturated heterocycles. The van der Waals surface area contributed by atoms with Crippen LogP contribution in [0.25, 0.3) is 11.1 Å². The Hall–Kier alpha value is -3.30. The molecule has 8 nitrogen and oxygen atoms in total. The molecule has 1 saturated carbocycles. The van der Waals surface area contributed by atoms with Gasteiger partial charge in [0.05, 0.1) is 22.8 Å². The van der Waals surface area contributed by atoms with Gasteiger partial charge in [0.1, 0.15) is 23.1 Å². The summed E-state index contributed by atoms with van der Waals surface area (Å²) in [4.78, 5) is 22.9. The van der Waals surface area contributed by atoms with Crippen LogP contribution in [0, 0.1) is 0 Å². The lowest BCUT2D eigenvalue weighted by atomic mass is 9.96. The molecule has 0 radical (unpaired) electrons. The predicted octanol–water partition coefficient (Wildman–Crippen LogP) is 5.43. The minimum absolute atomic E-state index is 0.214. The zero-order valence-electron chi connectivity index (χ0n) is 20.6. The van der Waals surface area contributed by atoms with Gasteiger partial charge in [-0.2, -0.15) is 0 Å². The van der Waals surface area contributed by atoms with Crippen molar-refractivity contribution in [2.45, 2.75) is 43.9 Å². The van der Waals surface area contributed by atoms with E-state index in [4.69, 9.17) is 37.9 Å². The van der Waals surface area contributed by atoms with E-state index in [0.29, 0.717) is 53.0 Å². The van der Waals surface area contributed by atoms with E-state index >= 15 is 0 Å². The van der Waals surface area contributed by atoms with Gasteiger partial charge in [-0.1, -0.05) is 53.5 Å². The number of anilines is 1. The van der Waals surface area contributed by atoms with Gasteiger partial charge in [-0.15, -0.1) is 0 Å². The summed E-state index contributed by atoms with van der Waals surface area (Å²) in [5.41, 5.74) is 6.33. The van der Waals surface area contributed by atoms with Crippen LogP contribution in [0.15, 0.2) is 48.5 Å². The highest BCUT2D eigenvalue weighted by atomic mass is 35.5. The minimum atomic E-state index is -0.765. The number of rotatable bonds is 10. The molecule has 1 fully saturated rings. The first-order valence-electron chi connectivity index (χ1n) is 12.2. The number of benzene rings is 3. The summed E-state index contributed by atoms with van der Waals surface area (Å²) in [6.45, 7) is 0.338. The maximum Gasteiger partial charge on any atom is 0.263 e. The third-order valence-electron chi connectivity index (χ3n) is 7.23. The van der Waals surface area contributed by atoms with Crippen LogP contribution in [0.4, 0.5) is 5.69 Å². The molecule has 3 aromatic carbocycles. The van der Waals surface area contributed by atoms with Crippen molar-refractivity contribution in [3.63, 3.8) is 0 Å². The number of ether oxygens (including phenoxy) is 2. The van der Waals surface area contributed by atoms with Crippen molar-refractivity contribution in [2.24, 2.45) is 0 Å². The van der Waals surface area contributed by atoms with Crippen LogP contribution in [0.3, 0.4) is 0 Å². The smallest absolute Gasteiger partial charge is 0.263 e. The first-order chi connectivity index (χ1) is 18.4. The van der Waals surface area contributed by atoms with Gasteiger partial charge in [0.25, 0.3) is 5.91 Å². The van der Waals surface area contributed by atoms with Gasteiger partial charge in [-0.05, 0) is 54.5 Å². The number of hydroxylamine groups is 1. The molecule has 4 N–H and O–H groups in total. The number of methoxy groups -OCH3 is 1. The number of fused-ring (bicyclic) bond motifs is 1. The van der Waals surface area contributed by atoms with E-state index in [1.54, 1.807) is 30.8 Å². The summed E-state index contributed by atoms with van der Waals surface area (Å²) in [5.74, 6) is 0.630. The molecule has 3 aromatic rings. The van der Waals surface area contributed by atoms with Crippen molar-refractivity contribution in [3.05, 3.63) is 75.3 Å². The maximum absolute atomic E-state index is 11.9. The Morgan fingerprint density at radius 3 is 2.61 bits per heavy atom. The van der Waals surface area contributed by atoms with Crippen LogP contribution in [0.2, 0.25) is 10.0 Å². The highest BCUT2D eigenvalue weighted by Gasteiger charge is 2.49. The van der Waals surface area contributed by atoms with Crippen molar-refractivity contribution in [1.82, 2.24) is 10.8 Å². The zero-order chi connectivity index (χ0) is 26.9. The second-order valence-electron chi connectivity index (χ2n) is 9.42. The Bertz CT molecular complexity index is 1390. The fourth-order valence-electron chi connectivity index (χ4n) is 5.03. The van der Waals surface area contributed by atoms with Gasteiger partial charge < -0.3 is 14.8 Å². The fraction of sp³-hybridized carbons (Fsp3) is 0.286. The zero-order valence-corrected chi connectivity index (χ0v) is 22.2. The predicted molar refractivity (Wildman–Crippen MR) is 145 cm³/mol. The van der Waals surface area contributed by atoms with Gasteiger partial charge in [0.15, 0.2) is 0 Å². The van der Waals surface area contributed by atoms with Gasteiger partial charge >= 0.3 is 0 Å². The lowest BCUT2D eigenvalue weighted by Gasteiger charge is -2.20. The van der Waals surface area contributed by atoms with E-state index in [1.807, 2.05) is 30.3 Å². The molecule has 38 heavy (non-hydrogen) atoms. The Kier molecular flexibility index (Phi) is 7.49. The van der Waals surface area contributed by atoms with E-state index in [1.165, 1.54) is 0 Å². The highest BCUT2D eigenvalue weighted by Crippen LogP contribution is 2.45. The number of halogens is 2. The van der Waals surface area contributed by atoms with Crippen LogP contribution >= 0.6 is 23.2 Å². The number of nitrogens with one attached hydrogen (secondary N) is 3. The molecule has 198 valence electrons. The summed E-state index contributed by atoms with van der Waals surface area (Å²) >= 11 is 13.3. The van der Waals surface area contributed by atoms with Crippen LogP contribution in [0.1, 0.15) is 42.1 Å². The standard InChI is InChI=1S/C28H27Cl2N3O5/c1-37-24-13-25(21(29)12-16(24)14-32-28(10-11-28)27(35)33-36)38-23-9-8-18-17(4-2-5-19(18)23)20-6-3-7-22(26(20)30)31-15-34/h2-7,12-13,15,23,32,36H,8-11,14H2,1H3,(H,31,34)(H,33,35). The summed E-state index contributed by atoms with van der Waals surface area (Å²) < 4.78 is 12.0. The van der Waals surface area contributed by atoms with E-state index < -0.39 is 11.4 Å². The third-order valence-corrected chi connectivity index (χ3v) is 7.93. The van der Waals surface area contributed by atoms with Crippen molar-refractivity contribution in [2.75, 3.05) is 12.4 Å². The second-order valence-corrected chi connectivity index (χ2v) is 10.2. The minimum Gasteiger partial charge on any atom is -0.496 e. The first-order valence-corrected chi connectivity index (χ1v) is 13.0. The van der Waals surface area contributed by atoms with Gasteiger partial charge in [0.2, 0.25) is 6.41 Å². The van der Waals surface area contributed by atoms with E-state index in [2.05, 4.69) is 10.6 Å². The number of carbonyl (C=O) groups is 2. The van der Waals surface area contributed by atoms with Crippen molar-refractivity contribution in [3.8, 4) is 22.6 Å². The highest BCUT2D eigenvalue weighted by molar-refractivity contribution is 6.36. The van der Waals surface area contributed by atoms with Gasteiger partial charge in [0, 0.05) is 23.7 Å². The summed E-state index contributed by atoms with van der Waals surface area (Å²) in [6, 6.07) is 15.1. The number of hydrogen-bond acceptors (Lipinski definition) is 6.